The number of hydrogen-bond acceptors (Lipinski definition) is 3. The summed E-state index contributed by atoms with van der Waals surface area (Å²) in [6.07, 6.45) is 7.05. The normalized spacial score (nSPS) is 21.2. The van der Waals surface area contributed by atoms with Crippen molar-refractivity contribution in [1.29, 1.82) is 0 Å². The van der Waals surface area contributed by atoms with Crippen LogP contribution in [0.15, 0.2) is 36.7 Å². The lowest BCUT2D eigenvalue weighted by Crippen LogP contribution is -2.37. The molecular formula is C20H26N4O. The van der Waals surface area contributed by atoms with Crippen LogP contribution < -0.4 is 0 Å². The van der Waals surface area contributed by atoms with E-state index in [1.807, 2.05) is 17.9 Å². The molecule has 1 atom stereocenters. The van der Waals surface area contributed by atoms with Gasteiger partial charge in [-0.05, 0) is 30.4 Å². The average molecular weight is 338 g/mol. The van der Waals surface area contributed by atoms with Gasteiger partial charge in [-0.15, -0.1) is 0 Å². The Bertz CT molecular complexity index is 754. The minimum atomic E-state index is 0.0704. The highest BCUT2D eigenvalue weighted by atomic mass is 16.2. The van der Waals surface area contributed by atoms with Gasteiger partial charge in [-0.3, -0.25) is 14.4 Å². The molecule has 1 aromatic carbocycles. The number of benzene rings is 1. The summed E-state index contributed by atoms with van der Waals surface area (Å²) in [6, 6.07) is 8.44. The van der Waals surface area contributed by atoms with Crippen LogP contribution in [0, 0.1) is 0 Å². The Balaban J connectivity index is 1.38. The van der Waals surface area contributed by atoms with Crippen LogP contribution in [0.4, 0.5) is 0 Å². The number of carbonyl (C=O) groups is 1. The lowest BCUT2D eigenvalue weighted by Gasteiger charge is -2.25. The van der Waals surface area contributed by atoms with Crippen molar-refractivity contribution >= 4 is 5.91 Å². The lowest BCUT2D eigenvalue weighted by atomic mass is 10.00. The molecule has 25 heavy (non-hydrogen) atoms. The van der Waals surface area contributed by atoms with E-state index >= 15 is 0 Å². The number of rotatable bonds is 3. The van der Waals surface area contributed by atoms with Crippen molar-refractivity contribution in [2.45, 2.75) is 31.7 Å². The maximum Gasteiger partial charge on any atom is 0.230 e. The largest absolute Gasteiger partial charge is 0.341 e. The molecule has 0 bridgehead atoms. The van der Waals surface area contributed by atoms with E-state index in [2.05, 4.69) is 45.4 Å². The average Bonchev–Trinajstić information content (AvgIpc) is 3.15. The molecular weight excluding hydrogens is 312 g/mol. The van der Waals surface area contributed by atoms with E-state index in [1.54, 1.807) is 0 Å². The zero-order chi connectivity index (χ0) is 17.2. The molecule has 1 saturated heterocycles. The fourth-order valence-corrected chi connectivity index (χ4v) is 4.20. The maximum absolute atomic E-state index is 13.1. The fourth-order valence-electron chi connectivity index (χ4n) is 4.20. The Morgan fingerprint density at radius 3 is 2.92 bits per heavy atom. The number of carbonyl (C=O) groups excluding carboxylic acids is 1. The first-order chi connectivity index (χ1) is 12.2. The van der Waals surface area contributed by atoms with E-state index in [0.717, 1.165) is 52.0 Å². The van der Waals surface area contributed by atoms with Gasteiger partial charge in [-0.2, -0.15) is 5.10 Å². The second-order valence-corrected chi connectivity index (χ2v) is 7.27. The molecule has 0 radical (unpaired) electrons. The Morgan fingerprint density at radius 1 is 1.20 bits per heavy atom. The summed E-state index contributed by atoms with van der Waals surface area (Å²) in [6.45, 7) is 4.61. The first kappa shape index (κ1) is 16.3. The third-order valence-corrected chi connectivity index (χ3v) is 5.50. The minimum Gasteiger partial charge on any atom is -0.341 e. The van der Waals surface area contributed by atoms with Crippen LogP contribution in [0.3, 0.4) is 0 Å². The van der Waals surface area contributed by atoms with Gasteiger partial charge in [-0.25, -0.2) is 0 Å². The van der Waals surface area contributed by atoms with Gasteiger partial charge in [0, 0.05) is 51.5 Å². The zero-order valence-corrected chi connectivity index (χ0v) is 14.9. The summed E-state index contributed by atoms with van der Waals surface area (Å²) in [7, 11) is 1.95. The van der Waals surface area contributed by atoms with Crippen molar-refractivity contribution in [2.24, 2.45) is 7.05 Å². The molecule has 1 aliphatic carbocycles. The molecule has 5 heteroatoms. The molecule has 4 rings (SSSR count). The number of aromatic nitrogens is 2. The minimum absolute atomic E-state index is 0.0704. The van der Waals surface area contributed by atoms with Gasteiger partial charge >= 0.3 is 0 Å². The smallest absolute Gasteiger partial charge is 0.230 e. The van der Waals surface area contributed by atoms with Gasteiger partial charge in [0.25, 0.3) is 0 Å². The quantitative estimate of drug-likeness (QED) is 0.861. The summed E-state index contributed by atoms with van der Waals surface area (Å²) in [4.78, 5) is 17.6. The van der Waals surface area contributed by atoms with Crippen molar-refractivity contribution in [1.82, 2.24) is 19.6 Å². The van der Waals surface area contributed by atoms with Crippen LogP contribution in [0.1, 0.15) is 35.4 Å². The summed E-state index contributed by atoms with van der Waals surface area (Å²) in [5, 5.41) is 4.25. The van der Waals surface area contributed by atoms with Crippen LogP contribution in [-0.2, 0) is 24.8 Å². The first-order valence-corrected chi connectivity index (χ1v) is 9.27. The van der Waals surface area contributed by atoms with Crippen molar-refractivity contribution < 1.29 is 4.79 Å². The summed E-state index contributed by atoms with van der Waals surface area (Å²) in [5.74, 6) is 0.397. The van der Waals surface area contributed by atoms with Gasteiger partial charge in [-0.1, -0.05) is 24.3 Å². The Labute approximate surface area is 149 Å². The van der Waals surface area contributed by atoms with Crippen LogP contribution in [0.5, 0.6) is 0 Å². The first-order valence-electron chi connectivity index (χ1n) is 9.27. The fraction of sp³-hybridized carbons (Fsp3) is 0.500. The molecule has 0 N–H and O–H groups in total. The number of amides is 1. The van der Waals surface area contributed by atoms with E-state index in [1.165, 1.54) is 16.7 Å². The summed E-state index contributed by atoms with van der Waals surface area (Å²) >= 11 is 0. The van der Waals surface area contributed by atoms with Crippen molar-refractivity contribution in [3.8, 4) is 0 Å². The number of aryl methyl sites for hydroxylation is 2. The van der Waals surface area contributed by atoms with Crippen molar-refractivity contribution in [2.75, 3.05) is 26.2 Å². The summed E-state index contributed by atoms with van der Waals surface area (Å²) < 4.78 is 1.85. The Kier molecular flexibility index (Phi) is 4.57. The Hall–Kier alpha value is -2.14. The van der Waals surface area contributed by atoms with Crippen LogP contribution in [0.25, 0.3) is 0 Å². The molecule has 2 aliphatic rings. The van der Waals surface area contributed by atoms with E-state index in [4.69, 9.17) is 0 Å². The van der Waals surface area contributed by atoms with Crippen molar-refractivity contribution in [3.63, 3.8) is 0 Å². The third-order valence-electron chi connectivity index (χ3n) is 5.50. The van der Waals surface area contributed by atoms with Gasteiger partial charge < -0.3 is 4.90 Å². The molecule has 1 aliphatic heterocycles. The standard InChI is InChI=1S/C20H26N4O/c1-22-14-16(13-21-22)15-23-9-4-10-24(12-11-23)20(25)19-8-7-17-5-2-3-6-18(17)19/h2-3,5-6,13-14,19H,4,7-12,15H2,1H3. The lowest BCUT2D eigenvalue weighted by molar-refractivity contribution is -0.132. The third kappa shape index (κ3) is 3.47. The van der Waals surface area contributed by atoms with Gasteiger partial charge in [0.2, 0.25) is 5.91 Å². The van der Waals surface area contributed by atoms with E-state index in [0.29, 0.717) is 5.91 Å². The molecule has 5 nitrogen and oxygen atoms in total. The number of fused-ring (bicyclic) bond motifs is 1. The monoisotopic (exact) mass is 338 g/mol. The summed E-state index contributed by atoms with van der Waals surface area (Å²) in [5.41, 5.74) is 3.85. The number of nitrogens with zero attached hydrogens (tertiary/aromatic N) is 4. The van der Waals surface area contributed by atoms with E-state index in [9.17, 15) is 4.79 Å². The predicted octanol–water partition coefficient (Wildman–Crippen LogP) is 2.18. The molecule has 0 saturated carbocycles. The second kappa shape index (κ2) is 7.00. The van der Waals surface area contributed by atoms with E-state index < -0.39 is 0 Å². The highest BCUT2D eigenvalue weighted by Gasteiger charge is 2.32. The molecule has 2 aromatic rings. The zero-order valence-electron chi connectivity index (χ0n) is 14.9. The Morgan fingerprint density at radius 2 is 2.08 bits per heavy atom. The molecule has 1 unspecified atom stereocenters. The van der Waals surface area contributed by atoms with Gasteiger partial charge in [0.1, 0.15) is 0 Å². The second-order valence-electron chi connectivity index (χ2n) is 7.27. The number of hydrogen-bond donors (Lipinski definition) is 0. The van der Waals surface area contributed by atoms with Gasteiger partial charge in [0.05, 0.1) is 12.1 Å². The maximum atomic E-state index is 13.1. The van der Waals surface area contributed by atoms with Gasteiger partial charge in [0.15, 0.2) is 0 Å². The van der Waals surface area contributed by atoms with Crippen LogP contribution in [-0.4, -0.2) is 51.7 Å². The molecule has 1 aromatic heterocycles. The van der Waals surface area contributed by atoms with Crippen LogP contribution >= 0.6 is 0 Å². The topological polar surface area (TPSA) is 41.4 Å². The molecule has 132 valence electrons. The highest BCUT2D eigenvalue weighted by molar-refractivity contribution is 5.85. The highest BCUT2D eigenvalue weighted by Crippen LogP contribution is 2.34. The SMILES string of the molecule is Cn1cc(CN2CCCN(C(=O)C3CCc4ccccc43)CC2)cn1. The molecule has 0 spiro atoms. The molecule has 1 fully saturated rings. The molecule has 1 amide bonds. The molecule has 2 heterocycles. The predicted molar refractivity (Wildman–Crippen MR) is 97.2 cm³/mol. The van der Waals surface area contributed by atoms with Crippen molar-refractivity contribution in [3.05, 3.63) is 53.3 Å². The van der Waals surface area contributed by atoms with E-state index in [-0.39, 0.29) is 5.92 Å². The van der Waals surface area contributed by atoms with Crippen LogP contribution in [0.2, 0.25) is 0 Å².